The molecule has 1 aliphatic rings. The molecule has 3 rings (SSSR count). The fourth-order valence-electron chi connectivity index (χ4n) is 2.82. The summed E-state index contributed by atoms with van der Waals surface area (Å²) in [6.45, 7) is 6.41. The number of anilines is 1. The Labute approximate surface area is 121 Å². The highest BCUT2D eigenvalue weighted by atomic mass is 15.1. The van der Waals surface area contributed by atoms with Crippen molar-refractivity contribution < 1.29 is 0 Å². The molecule has 0 saturated carbocycles. The first-order valence-electron chi connectivity index (χ1n) is 7.47. The van der Waals surface area contributed by atoms with E-state index < -0.39 is 0 Å². The summed E-state index contributed by atoms with van der Waals surface area (Å²) in [5.41, 5.74) is 5.57. The van der Waals surface area contributed by atoms with Gasteiger partial charge in [0.1, 0.15) is 0 Å². The Hall–Kier alpha value is -1.80. The Balaban J connectivity index is 1.68. The molecule has 2 aromatic carbocycles. The SMILES string of the molecule is CCN(Cc1ccccc1)Cc1ccc2c(c1)NCC2. The quantitative estimate of drug-likeness (QED) is 0.888. The predicted molar refractivity (Wildman–Crippen MR) is 84.9 cm³/mol. The minimum atomic E-state index is 1.01. The maximum absolute atomic E-state index is 3.46. The zero-order valence-corrected chi connectivity index (χ0v) is 12.1. The summed E-state index contributed by atoms with van der Waals surface area (Å²) in [6, 6.07) is 17.6. The monoisotopic (exact) mass is 266 g/mol. The van der Waals surface area contributed by atoms with Gasteiger partial charge in [-0.2, -0.15) is 0 Å². The maximum Gasteiger partial charge on any atom is 0.0376 e. The Kier molecular flexibility index (Phi) is 4.03. The van der Waals surface area contributed by atoms with Crippen molar-refractivity contribution in [3.05, 3.63) is 65.2 Å². The molecule has 104 valence electrons. The summed E-state index contributed by atoms with van der Waals surface area (Å²) in [5.74, 6) is 0. The van der Waals surface area contributed by atoms with Crippen LogP contribution in [0, 0.1) is 0 Å². The van der Waals surface area contributed by atoms with Gasteiger partial charge in [0.15, 0.2) is 0 Å². The molecule has 2 nitrogen and oxygen atoms in total. The van der Waals surface area contributed by atoms with E-state index in [0.29, 0.717) is 0 Å². The van der Waals surface area contributed by atoms with E-state index in [0.717, 1.165) is 32.6 Å². The molecule has 0 fully saturated rings. The molecule has 0 bridgehead atoms. The number of hydrogen-bond acceptors (Lipinski definition) is 2. The first-order valence-corrected chi connectivity index (χ1v) is 7.47. The third-order valence-electron chi connectivity index (χ3n) is 3.99. The molecule has 0 saturated heterocycles. The highest BCUT2D eigenvalue weighted by Crippen LogP contribution is 2.24. The largest absolute Gasteiger partial charge is 0.384 e. The lowest BCUT2D eigenvalue weighted by Crippen LogP contribution is -2.22. The van der Waals surface area contributed by atoms with Crippen molar-refractivity contribution in [3.63, 3.8) is 0 Å². The zero-order chi connectivity index (χ0) is 13.8. The average Bonchev–Trinajstić information content (AvgIpc) is 2.95. The Morgan fingerprint density at radius 3 is 2.60 bits per heavy atom. The molecule has 1 N–H and O–H groups in total. The van der Waals surface area contributed by atoms with Crippen molar-refractivity contribution in [1.29, 1.82) is 0 Å². The highest BCUT2D eigenvalue weighted by molar-refractivity contribution is 5.57. The number of fused-ring (bicyclic) bond motifs is 1. The first kappa shape index (κ1) is 13.2. The van der Waals surface area contributed by atoms with Crippen molar-refractivity contribution in [3.8, 4) is 0 Å². The molecule has 1 heterocycles. The maximum atomic E-state index is 3.46. The van der Waals surface area contributed by atoms with Gasteiger partial charge in [-0.05, 0) is 35.7 Å². The van der Waals surface area contributed by atoms with Crippen LogP contribution in [0.15, 0.2) is 48.5 Å². The molecule has 0 aromatic heterocycles. The molecule has 0 unspecified atom stereocenters. The van der Waals surface area contributed by atoms with E-state index >= 15 is 0 Å². The smallest absolute Gasteiger partial charge is 0.0376 e. The Bertz CT molecular complexity index is 563. The van der Waals surface area contributed by atoms with Crippen LogP contribution < -0.4 is 5.32 Å². The van der Waals surface area contributed by atoms with Gasteiger partial charge in [0.2, 0.25) is 0 Å². The van der Waals surface area contributed by atoms with Gasteiger partial charge in [0.05, 0.1) is 0 Å². The number of nitrogens with one attached hydrogen (secondary N) is 1. The van der Waals surface area contributed by atoms with Crippen LogP contribution in [0.1, 0.15) is 23.6 Å². The standard InChI is InChI=1S/C18H22N2/c1-2-20(13-15-6-4-3-5-7-15)14-16-8-9-17-10-11-19-18(17)12-16/h3-9,12,19H,2,10-11,13-14H2,1H3. The van der Waals surface area contributed by atoms with E-state index in [1.165, 1.54) is 22.4 Å². The normalized spacial score (nSPS) is 13.3. The summed E-state index contributed by atoms with van der Waals surface area (Å²) in [6.07, 6.45) is 1.16. The van der Waals surface area contributed by atoms with E-state index in [4.69, 9.17) is 0 Å². The van der Waals surface area contributed by atoms with Crippen LogP contribution in [0.25, 0.3) is 0 Å². The molecular weight excluding hydrogens is 244 g/mol. The van der Waals surface area contributed by atoms with Crippen molar-refractivity contribution >= 4 is 5.69 Å². The second-order valence-corrected chi connectivity index (χ2v) is 5.46. The molecule has 0 atom stereocenters. The summed E-state index contributed by atoms with van der Waals surface area (Å²) >= 11 is 0. The molecular formula is C18H22N2. The second-order valence-electron chi connectivity index (χ2n) is 5.46. The van der Waals surface area contributed by atoms with Gasteiger partial charge in [0.25, 0.3) is 0 Å². The van der Waals surface area contributed by atoms with Gasteiger partial charge in [-0.25, -0.2) is 0 Å². The van der Waals surface area contributed by atoms with Crippen molar-refractivity contribution in [2.24, 2.45) is 0 Å². The summed E-state index contributed by atoms with van der Waals surface area (Å²) < 4.78 is 0. The van der Waals surface area contributed by atoms with Crippen LogP contribution >= 0.6 is 0 Å². The summed E-state index contributed by atoms with van der Waals surface area (Å²) in [4.78, 5) is 2.48. The van der Waals surface area contributed by atoms with Gasteiger partial charge >= 0.3 is 0 Å². The molecule has 0 spiro atoms. The number of nitrogens with zero attached hydrogens (tertiary/aromatic N) is 1. The van der Waals surface area contributed by atoms with Gasteiger partial charge in [-0.15, -0.1) is 0 Å². The zero-order valence-electron chi connectivity index (χ0n) is 12.1. The van der Waals surface area contributed by atoms with Crippen LogP contribution in [0.5, 0.6) is 0 Å². The first-order chi connectivity index (χ1) is 9.85. The summed E-state index contributed by atoms with van der Waals surface area (Å²) in [5, 5.41) is 3.46. The van der Waals surface area contributed by atoms with E-state index in [-0.39, 0.29) is 0 Å². The molecule has 2 aromatic rings. The van der Waals surface area contributed by atoms with Crippen molar-refractivity contribution in [2.75, 3.05) is 18.4 Å². The fraction of sp³-hybridized carbons (Fsp3) is 0.333. The van der Waals surface area contributed by atoms with Crippen molar-refractivity contribution in [1.82, 2.24) is 4.90 Å². The van der Waals surface area contributed by atoms with Crippen LogP contribution in [-0.4, -0.2) is 18.0 Å². The minimum absolute atomic E-state index is 1.01. The highest BCUT2D eigenvalue weighted by Gasteiger charge is 2.11. The van der Waals surface area contributed by atoms with E-state index in [1.807, 2.05) is 0 Å². The lowest BCUT2D eigenvalue weighted by Gasteiger charge is -2.21. The van der Waals surface area contributed by atoms with Crippen LogP contribution in [0.3, 0.4) is 0 Å². The Morgan fingerprint density at radius 2 is 1.80 bits per heavy atom. The molecule has 1 aliphatic heterocycles. The third kappa shape index (κ3) is 3.02. The van der Waals surface area contributed by atoms with Crippen LogP contribution in [0.4, 0.5) is 5.69 Å². The number of rotatable bonds is 5. The molecule has 0 radical (unpaired) electrons. The number of benzene rings is 2. The molecule has 20 heavy (non-hydrogen) atoms. The van der Waals surface area contributed by atoms with E-state index in [9.17, 15) is 0 Å². The molecule has 0 amide bonds. The fourth-order valence-corrected chi connectivity index (χ4v) is 2.82. The van der Waals surface area contributed by atoms with Crippen LogP contribution in [-0.2, 0) is 19.5 Å². The van der Waals surface area contributed by atoms with E-state index in [1.54, 1.807) is 0 Å². The van der Waals surface area contributed by atoms with Gasteiger partial charge in [-0.3, -0.25) is 4.90 Å². The lowest BCUT2D eigenvalue weighted by molar-refractivity contribution is 0.271. The molecule has 2 heteroatoms. The van der Waals surface area contributed by atoms with Gasteiger partial charge < -0.3 is 5.32 Å². The number of hydrogen-bond donors (Lipinski definition) is 1. The third-order valence-corrected chi connectivity index (χ3v) is 3.99. The lowest BCUT2D eigenvalue weighted by atomic mass is 10.1. The van der Waals surface area contributed by atoms with Crippen LogP contribution in [0.2, 0.25) is 0 Å². The Morgan fingerprint density at radius 1 is 1.00 bits per heavy atom. The predicted octanol–water partition coefficient (Wildman–Crippen LogP) is 3.68. The van der Waals surface area contributed by atoms with Crippen molar-refractivity contribution in [2.45, 2.75) is 26.4 Å². The van der Waals surface area contributed by atoms with Gasteiger partial charge in [0, 0.05) is 25.3 Å². The second kappa shape index (κ2) is 6.10. The average molecular weight is 266 g/mol. The topological polar surface area (TPSA) is 15.3 Å². The van der Waals surface area contributed by atoms with Gasteiger partial charge in [-0.1, -0.05) is 49.4 Å². The minimum Gasteiger partial charge on any atom is -0.384 e. The summed E-state index contributed by atoms with van der Waals surface area (Å²) in [7, 11) is 0. The van der Waals surface area contributed by atoms with E-state index in [2.05, 4.69) is 65.7 Å². The molecule has 0 aliphatic carbocycles.